The van der Waals surface area contributed by atoms with Gasteiger partial charge in [-0.05, 0) is 77.8 Å². The number of hydrazone groups is 1. The van der Waals surface area contributed by atoms with E-state index in [1.165, 1.54) is 11.1 Å². The van der Waals surface area contributed by atoms with E-state index in [-0.39, 0.29) is 29.1 Å². The molecule has 0 aliphatic heterocycles. The van der Waals surface area contributed by atoms with Crippen LogP contribution in [0.4, 0.5) is 5.69 Å². The normalized spacial score (nSPS) is 17.6. The zero-order valence-corrected chi connectivity index (χ0v) is 21.2. The van der Waals surface area contributed by atoms with Gasteiger partial charge in [-0.15, -0.1) is 0 Å². The van der Waals surface area contributed by atoms with Crippen molar-refractivity contribution in [2.24, 2.45) is 11.0 Å². The second-order valence-corrected chi connectivity index (χ2v) is 10.5. The Morgan fingerprint density at radius 2 is 1.49 bits per heavy atom. The van der Waals surface area contributed by atoms with Gasteiger partial charge in [0.2, 0.25) is 5.91 Å². The van der Waals surface area contributed by atoms with Crippen molar-refractivity contribution >= 4 is 34.8 Å². The fraction of sp³-hybridized carbons (Fsp3) is 0.276. The van der Waals surface area contributed by atoms with Crippen LogP contribution in [0.1, 0.15) is 67.1 Å². The SMILES string of the molecule is C/C(=N\NC(=O)[C@H]1C[C@@H]1c1ccc(C(C)(C)C)cc1)c1ccc(NC(=O)c2ccc(Cl)cc2)cc1. The van der Waals surface area contributed by atoms with Gasteiger partial charge >= 0.3 is 0 Å². The molecule has 0 radical (unpaired) electrons. The highest BCUT2D eigenvalue weighted by Gasteiger charge is 2.44. The third-order valence-electron chi connectivity index (χ3n) is 6.33. The summed E-state index contributed by atoms with van der Waals surface area (Å²) in [5.41, 5.74) is 8.09. The summed E-state index contributed by atoms with van der Waals surface area (Å²) in [5, 5.41) is 7.73. The van der Waals surface area contributed by atoms with Crippen LogP contribution in [-0.2, 0) is 10.2 Å². The first-order valence-corrected chi connectivity index (χ1v) is 12.1. The van der Waals surface area contributed by atoms with Gasteiger partial charge in [0.15, 0.2) is 0 Å². The van der Waals surface area contributed by atoms with Crippen molar-refractivity contribution in [3.8, 4) is 0 Å². The number of rotatable bonds is 6. The third kappa shape index (κ3) is 6.17. The largest absolute Gasteiger partial charge is 0.322 e. The maximum absolute atomic E-state index is 12.6. The number of halogens is 1. The lowest BCUT2D eigenvalue weighted by molar-refractivity contribution is -0.122. The summed E-state index contributed by atoms with van der Waals surface area (Å²) in [7, 11) is 0. The summed E-state index contributed by atoms with van der Waals surface area (Å²) < 4.78 is 0. The summed E-state index contributed by atoms with van der Waals surface area (Å²) in [4.78, 5) is 25.0. The number of carbonyl (C=O) groups is 2. The second kappa shape index (κ2) is 10.0. The summed E-state index contributed by atoms with van der Waals surface area (Å²) in [6.07, 6.45) is 0.845. The number of benzene rings is 3. The number of anilines is 1. The molecule has 1 aliphatic rings. The lowest BCUT2D eigenvalue weighted by Crippen LogP contribution is -2.21. The minimum atomic E-state index is -0.209. The molecule has 2 N–H and O–H groups in total. The standard InChI is InChI=1S/C29H30ClN3O2/c1-18(19-9-15-24(16-10-19)31-27(34)21-7-13-23(30)14-8-21)32-33-28(35)26-17-25(26)20-5-11-22(12-6-20)29(2,3)4/h5-16,25-26H,17H2,1-4H3,(H,31,34)(H,33,35)/b32-18+/t25-,26+/m1/s1. The number of carbonyl (C=O) groups excluding carboxylic acids is 2. The predicted molar refractivity (Wildman–Crippen MR) is 142 cm³/mol. The van der Waals surface area contributed by atoms with Gasteiger partial charge in [-0.1, -0.05) is 68.8 Å². The molecule has 1 fully saturated rings. The van der Waals surface area contributed by atoms with Crippen LogP contribution < -0.4 is 10.7 Å². The van der Waals surface area contributed by atoms with Crippen molar-refractivity contribution in [1.82, 2.24) is 5.43 Å². The molecule has 0 heterocycles. The third-order valence-corrected chi connectivity index (χ3v) is 6.58. The number of hydrogen-bond acceptors (Lipinski definition) is 3. The van der Waals surface area contributed by atoms with Crippen LogP contribution in [0.2, 0.25) is 5.02 Å². The van der Waals surface area contributed by atoms with E-state index in [9.17, 15) is 9.59 Å². The van der Waals surface area contributed by atoms with Crippen LogP contribution in [0.15, 0.2) is 77.9 Å². The fourth-order valence-electron chi connectivity index (χ4n) is 3.97. The molecule has 4 rings (SSSR count). The molecule has 180 valence electrons. The Labute approximate surface area is 211 Å². The zero-order chi connectivity index (χ0) is 25.2. The Morgan fingerprint density at radius 1 is 0.886 bits per heavy atom. The molecule has 3 aromatic carbocycles. The summed E-state index contributed by atoms with van der Waals surface area (Å²) >= 11 is 5.87. The van der Waals surface area contributed by atoms with Crippen LogP contribution in [0.3, 0.4) is 0 Å². The Kier molecular flexibility index (Phi) is 7.08. The summed E-state index contributed by atoms with van der Waals surface area (Å²) in [6.45, 7) is 8.43. The molecule has 2 atom stereocenters. The first-order chi connectivity index (χ1) is 16.6. The molecular weight excluding hydrogens is 458 g/mol. The zero-order valence-electron chi connectivity index (χ0n) is 20.4. The minimum absolute atomic E-state index is 0.0440. The Morgan fingerprint density at radius 3 is 2.09 bits per heavy atom. The van der Waals surface area contributed by atoms with Gasteiger partial charge in [-0.2, -0.15) is 5.10 Å². The number of nitrogens with one attached hydrogen (secondary N) is 2. The molecular formula is C29H30ClN3O2. The van der Waals surface area contributed by atoms with Gasteiger partial charge in [0, 0.05) is 22.2 Å². The lowest BCUT2D eigenvalue weighted by atomic mass is 9.86. The molecule has 0 bridgehead atoms. The van der Waals surface area contributed by atoms with E-state index in [1.807, 2.05) is 31.2 Å². The van der Waals surface area contributed by atoms with E-state index < -0.39 is 0 Å². The number of amides is 2. The average Bonchev–Trinajstić information content (AvgIpc) is 3.64. The van der Waals surface area contributed by atoms with Gasteiger partial charge in [-0.25, -0.2) is 5.43 Å². The topological polar surface area (TPSA) is 70.6 Å². The van der Waals surface area contributed by atoms with Crippen molar-refractivity contribution in [2.45, 2.75) is 45.4 Å². The molecule has 1 aliphatic carbocycles. The molecule has 0 aromatic heterocycles. The monoisotopic (exact) mass is 487 g/mol. The van der Waals surface area contributed by atoms with E-state index in [2.05, 4.69) is 60.9 Å². The van der Waals surface area contributed by atoms with Gasteiger partial charge in [0.05, 0.1) is 5.71 Å². The van der Waals surface area contributed by atoms with Crippen molar-refractivity contribution in [1.29, 1.82) is 0 Å². The maximum Gasteiger partial charge on any atom is 0.255 e. The molecule has 0 unspecified atom stereocenters. The van der Waals surface area contributed by atoms with E-state index in [0.717, 1.165) is 12.0 Å². The first-order valence-electron chi connectivity index (χ1n) is 11.7. The molecule has 35 heavy (non-hydrogen) atoms. The Hall–Kier alpha value is -3.44. The maximum atomic E-state index is 12.6. The van der Waals surface area contributed by atoms with E-state index >= 15 is 0 Å². The second-order valence-electron chi connectivity index (χ2n) is 10.0. The summed E-state index contributed by atoms with van der Waals surface area (Å²) in [6, 6.07) is 22.6. The molecule has 2 amide bonds. The Balaban J connectivity index is 1.30. The van der Waals surface area contributed by atoms with Crippen molar-refractivity contribution < 1.29 is 9.59 Å². The van der Waals surface area contributed by atoms with Gasteiger partial charge in [0.25, 0.3) is 5.91 Å². The van der Waals surface area contributed by atoms with Crippen LogP contribution in [0.25, 0.3) is 0 Å². The van der Waals surface area contributed by atoms with Crippen LogP contribution in [0.5, 0.6) is 0 Å². The van der Waals surface area contributed by atoms with Gasteiger partial charge in [0.1, 0.15) is 0 Å². The van der Waals surface area contributed by atoms with Crippen molar-refractivity contribution in [3.05, 3.63) is 100 Å². The van der Waals surface area contributed by atoms with E-state index in [0.29, 0.717) is 22.0 Å². The van der Waals surface area contributed by atoms with E-state index in [1.54, 1.807) is 24.3 Å². The molecule has 5 nitrogen and oxygen atoms in total. The van der Waals surface area contributed by atoms with E-state index in [4.69, 9.17) is 11.6 Å². The summed E-state index contributed by atoms with van der Waals surface area (Å²) in [5.74, 6) is -0.0549. The van der Waals surface area contributed by atoms with Crippen LogP contribution >= 0.6 is 11.6 Å². The molecule has 6 heteroatoms. The highest BCUT2D eigenvalue weighted by Crippen LogP contribution is 2.47. The van der Waals surface area contributed by atoms with Crippen LogP contribution in [-0.4, -0.2) is 17.5 Å². The fourth-order valence-corrected chi connectivity index (χ4v) is 4.10. The highest BCUT2D eigenvalue weighted by molar-refractivity contribution is 6.30. The molecule has 0 saturated heterocycles. The first kappa shape index (κ1) is 24.7. The van der Waals surface area contributed by atoms with Gasteiger partial charge < -0.3 is 5.32 Å². The molecule has 3 aromatic rings. The number of hydrogen-bond donors (Lipinski definition) is 2. The Bertz CT molecular complexity index is 1240. The molecule has 0 spiro atoms. The number of nitrogens with zero attached hydrogens (tertiary/aromatic N) is 1. The van der Waals surface area contributed by atoms with Crippen molar-refractivity contribution in [3.63, 3.8) is 0 Å². The molecule has 1 saturated carbocycles. The smallest absolute Gasteiger partial charge is 0.255 e. The van der Waals surface area contributed by atoms with Crippen molar-refractivity contribution in [2.75, 3.05) is 5.32 Å². The van der Waals surface area contributed by atoms with Crippen LogP contribution in [0, 0.1) is 5.92 Å². The predicted octanol–water partition coefficient (Wildman–Crippen LogP) is 6.53. The average molecular weight is 488 g/mol. The lowest BCUT2D eigenvalue weighted by Gasteiger charge is -2.19. The van der Waals surface area contributed by atoms with Gasteiger partial charge in [-0.3, -0.25) is 9.59 Å². The quantitative estimate of drug-likeness (QED) is 0.306. The minimum Gasteiger partial charge on any atom is -0.322 e. The highest BCUT2D eigenvalue weighted by atomic mass is 35.5.